The first-order valence-electron chi connectivity index (χ1n) is 15.2. The maximum atomic E-state index is 14.5. The third-order valence-corrected chi connectivity index (χ3v) is 13.4. The zero-order valence-electron chi connectivity index (χ0n) is 26.6. The van der Waals surface area contributed by atoms with E-state index in [1.165, 1.54) is 7.11 Å². The Bertz CT molecular complexity index is 1450. The molecule has 5 aliphatic carbocycles. The summed E-state index contributed by atoms with van der Waals surface area (Å²) in [5.41, 5.74) is -2.59. The molecule has 7 atom stereocenters. The Morgan fingerprint density at radius 3 is 2.17 bits per heavy atom. The Morgan fingerprint density at radius 1 is 0.952 bits per heavy atom. The number of nitrogens with one attached hydrogen (secondary N) is 1. The number of amides is 1. The SMILES string of the molecule is COC(=O)[C@]12CCC(C)(C)C[C@H]1[C@H]1C(=O)C=C3[C@@]4(C)C=C(C(=O)NS(C)(=O)=O)C(=O)C(C)(C)[C@@H]4CC[C@@]3(C)[C@]1(C)CC2. The molecule has 3 saturated carbocycles. The van der Waals surface area contributed by atoms with Gasteiger partial charge in [0.2, 0.25) is 10.0 Å². The third kappa shape index (κ3) is 4.07. The number of carbonyl (C=O) groups is 4. The van der Waals surface area contributed by atoms with Crippen LogP contribution < -0.4 is 4.72 Å². The van der Waals surface area contributed by atoms with Gasteiger partial charge in [-0.2, -0.15) is 0 Å². The van der Waals surface area contributed by atoms with E-state index in [4.69, 9.17) is 4.74 Å². The monoisotopic (exact) mass is 601 g/mol. The van der Waals surface area contributed by atoms with E-state index in [2.05, 4.69) is 27.7 Å². The van der Waals surface area contributed by atoms with Crippen molar-refractivity contribution in [3.8, 4) is 0 Å². The molecule has 0 heterocycles. The van der Waals surface area contributed by atoms with E-state index in [9.17, 15) is 27.6 Å². The second-order valence-corrected chi connectivity index (χ2v) is 17.7. The van der Waals surface area contributed by atoms with Crippen LogP contribution in [0.15, 0.2) is 23.3 Å². The summed E-state index contributed by atoms with van der Waals surface area (Å²) in [6, 6.07) is 0. The normalized spacial score (nSPS) is 42.1. The minimum absolute atomic E-state index is 0.00633. The highest BCUT2D eigenvalue weighted by Crippen LogP contribution is 2.74. The van der Waals surface area contributed by atoms with E-state index in [-0.39, 0.29) is 46.3 Å². The number of methoxy groups -OCH3 is 1. The van der Waals surface area contributed by atoms with Gasteiger partial charge in [0.25, 0.3) is 5.91 Å². The Balaban J connectivity index is 1.69. The molecular weight excluding hydrogens is 554 g/mol. The van der Waals surface area contributed by atoms with Crippen LogP contribution in [-0.2, 0) is 33.9 Å². The van der Waals surface area contributed by atoms with Crippen molar-refractivity contribution in [1.29, 1.82) is 0 Å². The van der Waals surface area contributed by atoms with Gasteiger partial charge in [0.15, 0.2) is 11.6 Å². The zero-order chi connectivity index (χ0) is 31.5. The summed E-state index contributed by atoms with van der Waals surface area (Å²) < 4.78 is 31.3. The van der Waals surface area contributed by atoms with Crippen LogP contribution in [0.25, 0.3) is 0 Å². The molecule has 0 spiro atoms. The summed E-state index contributed by atoms with van der Waals surface area (Å²) in [4.78, 5) is 54.8. The van der Waals surface area contributed by atoms with E-state index < -0.39 is 43.0 Å². The fraction of sp³-hybridized carbons (Fsp3) is 0.758. The van der Waals surface area contributed by atoms with Gasteiger partial charge in [-0.25, -0.2) is 13.1 Å². The van der Waals surface area contributed by atoms with Gasteiger partial charge in [0, 0.05) is 16.7 Å². The van der Waals surface area contributed by atoms with Gasteiger partial charge in [-0.05, 0) is 79.1 Å². The molecule has 232 valence electrons. The summed E-state index contributed by atoms with van der Waals surface area (Å²) in [6.07, 6.45) is 9.54. The van der Waals surface area contributed by atoms with Crippen molar-refractivity contribution in [2.45, 2.75) is 93.4 Å². The number of carbonyl (C=O) groups excluding carboxylic acids is 4. The van der Waals surface area contributed by atoms with Crippen LogP contribution in [0.2, 0.25) is 0 Å². The van der Waals surface area contributed by atoms with Gasteiger partial charge in [-0.15, -0.1) is 0 Å². The van der Waals surface area contributed by atoms with Gasteiger partial charge < -0.3 is 4.74 Å². The largest absolute Gasteiger partial charge is 0.469 e. The molecule has 0 aliphatic heterocycles. The van der Waals surface area contributed by atoms with Crippen LogP contribution in [0, 0.1) is 50.2 Å². The first kappa shape index (κ1) is 31.1. The van der Waals surface area contributed by atoms with Gasteiger partial charge in [-0.3, -0.25) is 19.2 Å². The highest BCUT2D eigenvalue weighted by atomic mass is 32.2. The highest BCUT2D eigenvalue weighted by Gasteiger charge is 2.71. The molecular formula is C33H47NO7S. The molecule has 0 aromatic heterocycles. The first-order valence-corrected chi connectivity index (χ1v) is 17.1. The Labute approximate surface area is 250 Å². The fourth-order valence-corrected chi connectivity index (χ4v) is 10.9. The van der Waals surface area contributed by atoms with Crippen LogP contribution in [-0.4, -0.2) is 45.2 Å². The van der Waals surface area contributed by atoms with Crippen molar-refractivity contribution >= 4 is 33.5 Å². The van der Waals surface area contributed by atoms with Gasteiger partial charge in [-0.1, -0.05) is 60.1 Å². The predicted octanol–water partition coefficient (Wildman–Crippen LogP) is 4.93. The summed E-state index contributed by atoms with van der Waals surface area (Å²) in [6.45, 7) is 14.5. The van der Waals surface area contributed by atoms with Crippen LogP contribution >= 0.6 is 0 Å². The number of ketones is 2. The molecule has 0 saturated heterocycles. The number of sulfonamides is 1. The van der Waals surface area contributed by atoms with E-state index in [0.29, 0.717) is 19.3 Å². The fourth-order valence-electron chi connectivity index (χ4n) is 10.5. The lowest BCUT2D eigenvalue weighted by Gasteiger charge is -2.68. The molecule has 1 amide bonds. The second kappa shape index (κ2) is 9.12. The maximum absolute atomic E-state index is 14.5. The number of allylic oxidation sites excluding steroid dienone is 3. The molecule has 0 aromatic carbocycles. The van der Waals surface area contributed by atoms with Gasteiger partial charge >= 0.3 is 5.97 Å². The number of esters is 1. The van der Waals surface area contributed by atoms with E-state index >= 15 is 0 Å². The Hall–Kier alpha value is -2.29. The van der Waals surface area contributed by atoms with Crippen molar-refractivity contribution in [3.05, 3.63) is 23.3 Å². The molecule has 5 rings (SSSR count). The number of Topliss-reactive ketones (excluding diaryl/α,β-unsaturated/α-hetero) is 1. The summed E-state index contributed by atoms with van der Waals surface area (Å²) in [5, 5.41) is 0. The predicted molar refractivity (Wildman–Crippen MR) is 158 cm³/mol. The van der Waals surface area contributed by atoms with Gasteiger partial charge in [0.1, 0.15) is 0 Å². The van der Waals surface area contributed by atoms with Gasteiger partial charge in [0.05, 0.1) is 24.4 Å². The molecule has 42 heavy (non-hydrogen) atoms. The lowest BCUT2D eigenvalue weighted by molar-refractivity contribution is -0.191. The van der Waals surface area contributed by atoms with Crippen molar-refractivity contribution in [3.63, 3.8) is 0 Å². The molecule has 9 heteroatoms. The molecule has 0 aromatic rings. The summed E-state index contributed by atoms with van der Waals surface area (Å²) >= 11 is 0. The minimum Gasteiger partial charge on any atom is -0.469 e. The van der Waals surface area contributed by atoms with Crippen molar-refractivity contribution in [2.75, 3.05) is 13.4 Å². The standard InChI is InChI=1S/C33H47NO7S/c1-28(2)12-14-33(27(38)41-8)15-13-32(7)24(20(33)18-28)21(35)16-23-30(5)17-19(26(37)34-42(9,39)40)25(36)29(3,4)22(30)10-11-31(23,32)6/h16-17,20,22,24H,10-15,18H2,1-9H3,(H,34,37)/t20-,22-,24-,30-,31+,32+,33-/m0/s1. The number of rotatable bonds is 3. The molecule has 0 bridgehead atoms. The molecule has 0 unspecified atom stereocenters. The van der Waals surface area contributed by atoms with Crippen molar-refractivity contribution in [2.24, 2.45) is 50.2 Å². The molecule has 0 radical (unpaired) electrons. The van der Waals surface area contributed by atoms with Crippen molar-refractivity contribution < 1.29 is 32.3 Å². The molecule has 1 N–H and O–H groups in total. The summed E-state index contributed by atoms with van der Waals surface area (Å²) in [7, 11) is -2.44. The zero-order valence-corrected chi connectivity index (χ0v) is 27.4. The number of fused-ring (bicyclic) bond motifs is 7. The van der Waals surface area contributed by atoms with E-state index in [1.807, 2.05) is 25.5 Å². The summed E-state index contributed by atoms with van der Waals surface area (Å²) in [5.74, 6) is -2.18. The minimum atomic E-state index is -3.89. The number of hydrogen-bond acceptors (Lipinski definition) is 7. The van der Waals surface area contributed by atoms with E-state index in [1.54, 1.807) is 12.2 Å². The lowest BCUT2D eigenvalue weighted by Crippen LogP contribution is -2.66. The Morgan fingerprint density at radius 2 is 1.57 bits per heavy atom. The first-order chi connectivity index (χ1) is 19.1. The molecule has 3 fully saturated rings. The van der Waals surface area contributed by atoms with E-state index in [0.717, 1.165) is 37.5 Å². The Kier molecular flexibility index (Phi) is 6.76. The average Bonchev–Trinajstić information content (AvgIpc) is 2.86. The maximum Gasteiger partial charge on any atom is 0.312 e. The number of ether oxygens (including phenoxy) is 1. The van der Waals surface area contributed by atoms with Crippen LogP contribution in [0.3, 0.4) is 0 Å². The van der Waals surface area contributed by atoms with Crippen LogP contribution in [0.1, 0.15) is 93.4 Å². The molecule has 8 nitrogen and oxygen atoms in total. The molecule has 5 aliphatic rings. The smallest absolute Gasteiger partial charge is 0.312 e. The van der Waals surface area contributed by atoms with Crippen LogP contribution in [0.5, 0.6) is 0 Å². The number of hydrogen-bond donors (Lipinski definition) is 1. The quantitative estimate of drug-likeness (QED) is 0.359. The van der Waals surface area contributed by atoms with Crippen molar-refractivity contribution in [1.82, 2.24) is 4.72 Å². The lowest BCUT2D eigenvalue weighted by atomic mass is 9.34. The third-order valence-electron chi connectivity index (χ3n) is 12.9. The van der Waals surface area contributed by atoms with Crippen LogP contribution in [0.4, 0.5) is 0 Å². The second-order valence-electron chi connectivity index (χ2n) is 16.0. The topological polar surface area (TPSA) is 124 Å². The highest BCUT2D eigenvalue weighted by molar-refractivity contribution is 7.89. The average molecular weight is 602 g/mol.